The Balaban J connectivity index is 1.08. The summed E-state index contributed by atoms with van der Waals surface area (Å²) in [6, 6.07) is 79.6. The fourth-order valence-corrected chi connectivity index (χ4v) is 10.1. The number of anilines is 5. The van der Waals surface area contributed by atoms with Crippen LogP contribution >= 0.6 is 11.3 Å². The third-order valence-corrected chi connectivity index (χ3v) is 13.8. The van der Waals surface area contributed by atoms with Gasteiger partial charge in [-0.15, -0.1) is 11.3 Å². The predicted octanol–water partition coefficient (Wildman–Crippen LogP) is 18.2. The molecule has 0 N–H and O–H groups in total. The van der Waals surface area contributed by atoms with E-state index in [4.69, 9.17) is 0 Å². The molecule has 64 heavy (non-hydrogen) atoms. The SMILES string of the molecule is CCC(C)(C)N(c1ccccc1)c1ccc(-c2ccc(N(c3ccccc3)c3ccc(-c4sc(-c5ccc(C(C)(C)C)cc5)c(-c5ccccc5)c4-c4ccccc4)cc3)cc2)cc1. The number of thiophene rings is 1. The summed E-state index contributed by atoms with van der Waals surface area (Å²) in [7, 11) is 0. The first kappa shape index (κ1) is 42.4. The second-order valence-electron chi connectivity index (χ2n) is 18.2. The molecule has 0 unspecified atom stereocenters. The van der Waals surface area contributed by atoms with Crippen molar-refractivity contribution in [1.29, 1.82) is 0 Å². The Morgan fingerprint density at radius 3 is 1.08 bits per heavy atom. The number of hydrogen-bond donors (Lipinski definition) is 0. The van der Waals surface area contributed by atoms with Crippen molar-refractivity contribution in [3.63, 3.8) is 0 Å². The Kier molecular flexibility index (Phi) is 11.9. The molecule has 0 amide bonds. The third kappa shape index (κ3) is 8.69. The molecule has 0 aliphatic carbocycles. The van der Waals surface area contributed by atoms with Crippen molar-refractivity contribution in [2.75, 3.05) is 9.80 Å². The largest absolute Gasteiger partial charge is 0.336 e. The fourth-order valence-electron chi connectivity index (χ4n) is 8.70. The zero-order valence-electron chi connectivity index (χ0n) is 37.8. The highest BCUT2D eigenvalue weighted by Crippen LogP contribution is 2.52. The van der Waals surface area contributed by atoms with Gasteiger partial charge < -0.3 is 9.80 Å². The molecule has 0 saturated carbocycles. The molecule has 3 heteroatoms. The first-order valence-corrected chi connectivity index (χ1v) is 23.3. The Labute approximate surface area is 384 Å². The Morgan fingerprint density at radius 2 is 0.672 bits per heavy atom. The van der Waals surface area contributed by atoms with E-state index in [1.807, 2.05) is 11.3 Å². The molecule has 9 rings (SSSR count). The van der Waals surface area contributed by atoms with Crippen LogP contribution in [0.5, 0.6) is 0 Å². The van der Waals surface area contributed by atoms with Gasteiger partial charge in [0.1, 0.15) is 0 Å². The van der Waals surface area contributed by atoms with E-state index in [9.17, 15) is 0 Å². The van der Waals surface area contributed by atoms with E-state index in [1.54, 1.807) is 0 Å². The minimum Gasteiger partial charge on any atom is -0.336 e. The van der Waals surface area contributed by atoms with Gasteiger partial charge in [0.05, 0.1) is 0 Å². The van der Waals surface area contributed by atoms with E-state index < -0.39 is 0 Å². The van der Waals surface area contributed by atoms with Gasteiger partial charge in [-0.25, -0.2) is 0 Å². The maximum absolute atomic E-state index is 2.45. The standard InChI is InChI=1S/C61H56N2S/c1-7-61(5,6)63(54-26-18-11-19-27-54)55-42-32-45(33-43-55)44-30-38-52(39-31-44)62(51-24-16-10-17-25-51)53-40-34-49(35-41-53)59-57(47-22-14-9-15-23-47)56(46-20-12-8-13-21-46)58(64-59)48-28-36-50(37-29-48)60(2,3)4/h8-43H,7H2,1-6H3. The fraction of sp³-hybridized carbons (Fsp3) is 0.148. The maximum atomic E-state index is 2.45. The van der Waals surface area contributed by atoms with Crippen LogP contribution in [0.2, 0.25) is 0 Å². The van der Waals surface area contributed by atoms with Crippen LogP contribution < -0.4 is 9.80 Å². The molecule has 0 atom stereocenters. The lowest BCUT2D eigenvalue weighted by atomic mass is 9.86. The van der Waals surface area contributed by atoms with Crippen molar-refractivity contribution in [2.24, 2.45) is 0 Å². The summed E-state index contributed by atoms with van der Waals surface area (Å²) in [6.45, 7) is 13.7. The zero-order chi connectivity index (χ0) is 44.3. The molecule has 0 spiro atoms. The highest BCUT2D eigenvalue weighted by atomic mass is 32.1. The highest BCUT2D eigenvalue weighted by Gasteiger charge is 2.27. The summed E-state index contributed by atoms with van der Waals surface area (Å²) in [5, 5.41) is 0. The van der Waals surface area contributed by atoms with Crippen molar-refractivity contribution >= 4 is 39.8 Å². The summed E-state index contributed by atoms with van der Waals surface area (Å²) >= 11 is 1.89. The number of benzene rings is 8. The molecule has 0 fully saturated rings. The monoisotopic (exact) mass is 848 g/mol. The van der Waals surface area contributed by atoms with Crippen molar-refractivity contribution < 1.29 is 0 Å². The molecule has 0 bridgehead atoms. The van der Waals surface area contributed by atoms with Crippen LogP contribution in [0.15, 0.2) is 218 Å². The first-order chi connectivity index (χ1) is 31.1. The molecule has 2 nitrogen and oxygen atoms in total. The molecular formula is C61H56N2S. The molecule has 9 aromatic rings. The van der Waals surface area contributed by atoms with Gasteiger partial charge in [0.15, 0.2) is 0 Å². The summed E-state index contributed by atoms with van der Waals surface area (Å²) < 4.78 is 0. The third-order valence-electron chi connectivity index (χ3n) is 12.5. The quantitative estimate of drug-likeness (QED) is 0.121. The van der Waals surface area contributed by atoms with Crippen molar-refractivity contribution in [2.45, 2.75) is 58.9 Å². The molecule has 0 radical (unpaired) electrons. The van der Waals surface area contributed by atoms with Crippen LogP contribution in [0.3, 0.4) is 0 Å². The van der Waals surface area contributed by atoms with Crippen LogP contribution in [-0.2, 0) is 5.41 Å². The van der Waals surface area contributed by atoms with E-state index in [2.05, 4.69) is 270 Å². The summed E-state index contributed by atoms with van der Waals surface area (Å²) in [5.41, 5.74) is 16.9. The number of hydrogen-bond acceptors (Lipinski definition) is 3. The van der Waals surface area contributed by atoms with Gasteiger partial charge in [0, 0.05) is 54.9 Å². The van der Waals surface area contributed by atoms with Gasteiger partial charge in [-0.2, -0.15) is 0 Å². The van der Waals surface area contributed by atoms with Gasteiger partial charge in [-0.3, -0.25) is 0 Å². The summed E-state index contributed by atoms with van der Waals surface area (Å²) in [4.78, 5) is 7.35. The van der Waals surface area contributed by atoms with Gasteiger partial charge in [-0.1, -0.05) is 185 Å². The van der Waals surface area contributed by atoms with E-state index >= 15 is 0 Å². The summed E-state index contributed by atoms with van der Waals surface area (Å²) in [6.07, 6.45) is 1.03. The minimum atomic E-state index is -0.0372. The van der Waals surface area contributed by atoms with Crippen molar-refractivity contribution in [3.05, 3.63) is 224 Å². The van der Waals surface area contributed by atoms with Gasteiger partial charge in [0.2, 0.25) is 0 Å². The Bertz CT molecular complexity index is 2910. The molecular weight excluding hydrogens is 793 g/mol. The second kappa shape index (κ2) is 18.0. The molecule has 1 heterocycles. The number of nitrogens with zero attached hydrogens (tertiary/aromatic N) is 2. The van der Waals surface area contributed by atoms with E-state index in [0.717, 1.165) is 23.5 Å². The van der Waals surface area contributed by atoms with Crippen molar-refractivity contribution in [3.8, 4) is 54.3 Å². The van der Waals surface area contributed by atoms with Gasteiger partial charge in [-0.05, 0) is 125 Å². The predicted molar refractivity (Wildman–Crippen MR) is 278 cm³/mol. The Morgan fingerprint density at radius 1 is 0.344 bits per heavy atom. The van der Waals surface area contributed by atoms with Crippen LogP contribution in [0, 0.1) is 0 Å². The van der Waals surface area contributed by atoms with Gasteiger partial charge >= 0.3 is 0 Å². The molecule has 0 aliphatic heterocycles. The molecule has 0 aliphatic rings. The molecule has 1 aromatic heterocycles. The van der Waals surface area contributed by atoms with Crippen molar-refractivity contribution in [1.82, 2.24) is 0 Å². The average Bonchev–Trinajstić information content (AvgIpc) is 3.74. The van der Waals surface area contributed by atoms with Crippen LogP contribution in [0.25, 0.3) is 54.3 Å². The van der Waals surface area contributed by atoms with Gasteiger partial charge in [0.25, 0.3) is 0 Å². The smallest absolute Gasteiger partial charge is 0.0462 e. The van der Waals surface area contributed by atoms with Crippen LogP contribution in [0.4, 0.5) is 28.4 Å². The zero-order valence-corrected chi connectivity index (χ0v) is 38.6. The Hall–Kier alpha value is -6.94. The summed E-state index contributed by atoms with van der Waals surface area (Å²) in [5.74, 6) is 0. The van der Waals surface area contributed by atoms with E-state index in [0.29, 0.717) is 0 Å². The molecule has 0 saturated heterocycles. The highest BCUT2D eigenvalue weighted by molar-refractivity contribution is 7.20. The lowest BCUT2D eigenvalue weighted by Gasteiger charge is -2.40. The topological polar surface area (TPSA) is 6.48 Å². The normalized spacial score (nSPS) is 11.7. The molecule has 8 aromatic carbocycles. The minimum absolute atomic E-state index is 0.0372. The lowest BCUT2D eigenvalue weighted by Crippen LogP contribution is -2.40. The molecule has 316 valence electrons. The average molecular weight is 849 g/mol. The number of para-hydroxylation sites is 2. The first-order valence-electron chi connectivity index (χ1n) is 22.5. The van der Waals surface area contributed by atoms with E-state index in [-0.39, 0.29) is 11.0 Å². The van der Waals surface area contributed by atoms with Crippen LogP contribution in [-0.4, -0.2) is 5.54 Å². The number of rotatable bonds is 12. The van der Waals surface area contributed by atoms with Crippen LogP contribution in [0.1, 0.15) is 53.5 Å². The lowest BCUT2D eigenvalue weighted by molar-refractivity contribution is 0.488. The second-order valence-corrected chi connectivity index (χ2v) is 19.2. The maximum Gasteiger partial charge on any atom is 0.0462 e. The van der Waals surface area contributed by atoms with E-state index in [1.165, 1.54) is 71.2 Å².